The minimum Gasteiger partial charge on any atom is -0.296 e. The number of piperazine rings is 1. The zero-order valence-electron chi connectivity index (χ0n) is 7.33. The van der Waals surface area contributed by atoms with E-state index in [0.29, 0.717) is 13.1 Å². The van der Waals surface area contributed by atoms with E-state index in [9.17, 15) is 9.59 Å². The third-order valence-electron chi connectivity index (χ3n) is 1.70. The number of carbonyl (C=O) groups excluding carboxylic acids is 2. The predicted octanol–water partition coefficient (Wildman–Crippen LogP) is -1.19. The van der Waals surface area contributed by atoms with E-state index in [0.717, 1.165) is 6.54 Å². The van der Waals surface area contributed by atoms with Crippen LogP contribution in [-0.4, -0.2) is 48.4 Å². The molecule has 5 heteroatoms. The molecule has 0 aromatic carbocycles. The lowest BCUT2D eigenvalue weighted by Crippen LogP contribution is -2.55. The van der Waals surface area contributed by atoms with Crippen LogP contribution in [0, 0.1) is 0 Å². The Morgan fingerprint density at radius 2 is 2.17 bits per heavy atom. The summed E-state index contributed by atoms with van der Waals surface area (Å²) in [5.74, 6) is -0.258. The van der Waals surface area contributed by atoms with Gasteiger partial charge in [-0.1, -0.05) is 0 Å². The van der Waals surface area contributed by atoms with Crippen molar-refractivity contribution in [3.8, 4) is 0 Å². The van der Waals surface area contributed by atoms with E-state index in [2.05, 4.69) is 5.43 Å². The van der Waals surface area contributed by atoms with Gasteiger partial charge >= 0.3 is 0 Å². The molecule has 1 heterocycles. The number of nitrogens with zero attached hydrogens (tertiary/aromatic N) is 2. The van der Waals surface area contributed by atoms with Gasteiger partial charge in [-0.25, -0.2) is 0 Å². The lowest BCUT2D eigenvalue weighted by atomic mass is 10.4. The first-order valence-electron chi connectivity index (χ1n) is 3.85. The topological polar surface area (TPSA) is 52.7 Å². The Morgan fingerprint density at radius 1 is 1.50 bits per heavy atom. The number of rotatable bonds is 1. The minimum atomic E-state index is -0.201. The van der Waals surface area contributed by atoms with Crippen molar-refractivity contribution in [3.05, 3.63) is 0 Å². The highest BCUT2D eigenvalue weighted by molar-refractivity contribution is 5.82. The summed E-state index contributed by atoms with van der Waals surface area (Å²) < 4.78 is 0. The number of nitrogens with one attached hydrogen (secondary N) is 1. The molecule has 0 bridgehead atoms. The van der Waals surface area contributed by atoms with Crippen LogP contribution < -0.4 is 5.43 Å². The fourth-order valence-electron chi connectivity index (χ4n) is 1.10. The number of hydrogen-bond acceptors (Lipinski definition) is 3. The van der Waals surface area contributed by atoms with Crippen LogP contribution in [0.5, 0.6) is 0 Å². The Bertz CT molecular complexity index is 205. The molecule has 68 valence electrons. The molecule has 1 saturated heterocycles. The Morgan fingerprint density at radius 3 is 2.67 bits per heavy atom. The number of hydrazine groups is 1. The highest BCUT2D eigenvalue weighted by Gasteiger charge is 2.21. The molecule has 2 amide bonds. The van der Waals surface area contributed by atoms with Gasteiger partial charge in [0.1, 0.15) is 0 Å². The number of likely N-dealkylation sites (N-methyl/N-ethyl adjacent to an activating group) is 1. The van der Waals surface area contributed by atoms with Crippen molar-refractivity contribution in [3.63, 3.8) is 0 Å². The summed E-state index contributed by atoms with van der Waals surface area (Å²) in [6.07, 6.45) is 0. The zero-order chi connectivity index (χ0) is 9.14. The SMILES string of the molecule is CC(=O)NN1CCN(C)CC1=O. The van der Waals surface area contributed by atoms with E-state index in [4.69, 9.17) is 0 Å². The van der Waals surface area contributed by atoms with Crippen molar-refractivity contribution in [2.45, 2.75) is 6.92 Å². The van der Waals surface area contributed by atoms with Crippen molar-refractivity contribution < 1.29 is 9.59 Å². The number of hydrogen-bond donors (Lipinski definition) is 1. The molecule has 0 spiro atoms. The summed E-state index contributed by atoms with van der Waals surface area (Å²) >= 11 is 0. The van der Waals surface area contributed by atoms with E-state index >= 15 is 0 Å². The van der Waals surface area contributed by atoms with E-state index in [1.165, 1.54) is 11.9 Å². The quantitative estimate of drug-likeness (QED) is 0.540. The van der Waals surface area contributed by atoms with Crippen molar-refractivity contribution in [2.24, 2.45) is 0 Å². The van der Waals surface area contributed by atoms with Gasteiger partial charge in [0.05, 0.1) is 13.1 Å². The molecule has 0 atom stereocenters. The predicted molar refractivity (Wildman–Crippen MR) is 43.0 cm³/mol. The monoisotopic (exact) mass is 171 g/mol. The maximum Gasteiger partial charge on any atom is 0.255 e. The summed E-state index contributed by atoms with van der Waals surface area (Å²) in [5, 5.41) is 1.36. The fourth-order valence-corrected chi connectivity index (χ4v) is 1.10. The first kappa shape index (κ1) is 8.99. The Balaban J connectivity index is 2.45. The third kappa shape index (κ3) is 2.20. The maximum atomic E-state index is 11.2. The van der Waals surface area contributed by atoms with Crippen molar-refractivity contribution in [1.82, 2.24) is 15.3 Å². The molecule has 0 aromatic heterocycles. The van der Waals surface area contributed by atoms with Crippen LogP contribution in [0.4, 0.5) is 0 Å². The van der Waals surface area contributed by atoms with Crippen LogP contribution in [0.3, 0.4) is 0 Å². The molecular formula is C7H13N3O2. The lowest BCUT2D eigenvalue weighted by Gasteiger charge is -2.31. The molecule has 5 nitrogen and oxygen atoms in total. The molecule has 0 aromatic rings. The zero-order valence-corrected chi connectivity index (χ0v) is 7.33. The molecule has 0 saturated carbocycles. The standard InChI is InChI=1S/C7H13N3O2/c1-6(11)8-10-4-3-9(2)5-7(10)12/h3-5H2,1-2H3,(H,8,11). The van der Waals surface area contributed by atoms with Crippen LogP contribution in [0.15, 0.2) is 0 Å². The molecule has 1 aliphatic rings. The van der Waals surface area contributed by atoms with Crippen LogP contribution in [0.25, 0.3) is 0 Å². The van der Waals surface area contributed by atoms with Gasteiger partial charge in [-0.2, -0.15) is 0 Å². The molecule has 1 N–H and O–H groups in total. The van der Waals surface area contributed by atoms with E-state index < -0.39 is 0 Å². The normalized spacial score (nSPS) is 19.5. The first-order valence-corrected chi connectivity index (χ1v) is 3.85. The first-order chi connectivity index (χ1) is 5.59. The second-order valence-corrected chi connectivity index (χ2v) is 2.95. The minimum absolute atomic E-state index is 0.0565. The second-order valence-electron chi connectivity index (χ2n) is 2.95. The van der Waals surface area contributed by atoms with Crippen molar-refractivity contribution in [1.29, 1.82) is 0 Å². The van der Waals surface area contributed by atoms with E-state index in [1.807, 2.05) is 11.9 Å². The highest BCUT2D eigenvalue weighted by Crippen LogP contribution is 1.96. The summed E-state index contributed by atoms with van der Waals surface area (Å²) in [5.41, 5.74) is 2.47. The number of amides is 2. The highest BCUT2D eigenvalue weighted by atomic mass is 16.2. The van der Waals surface area contributed by atoms with Crippen LogP contribution in [0.1, 0.15) is 6.92 Å². The molecular weight excluding hydrogens is 158 g/mol. The Hall–Kier alpha value is -1.10. The Kier molecular flexibility index (Phi) is 2.65. The average molecular weight is 171 g/mol. The van der Waals surface area contributed by atoms with Crippen LogP contribution in [-0.2, 0) is 9.59 Å². The molecule has 1 aliphatic heterocycles. The van der Waals surface area contributed by atoms with Crippen LogP contribution in [0.2, 0.25) is 0 Å². The third-order valence-corrected chi connectivity index (χ3v) is 1.70. The number of carbonyl (C=O) groups is 2. The van der Waals surface area contributed by atoms with Gasteiger partial charge in [0.2, 0.25) is 5.91 Å². The van der Waals surface area contributed by atoms with Gasteiger partial charge in [0.25, 0.3) is 5.91 Å². The van der Waals surface area contributed by atoms with Gasteiger partial charge in [-0.3, -0.25) is 24.9 Å². The molecule has 0 radical (unpaired) electrons. The summed E-state index contributed by atoms with van der Waals surface area (Å²) in [4.78, 5) is 23.7. The van der Waals surface area contributed by atoms with Crippen molar-refractivity contribution >= 4 is 11.8 Å². The van der Waals surface area contributed by atoms with E-state index in [1.54, 1.807) is 0 Å². The lowest BCUT2D eigenvalue weighted by molar-refractivity contribution is -0.144. The summed E-state index contributed by atoms with van der Waals surface area (Å²) in [6, 6.07) is 0. The molecule has 0 aliphatic carbocycles. The van der Waals surface area contributed by atoms with E-state index in [-0.39, 0.29) is 11.8 Å². The van der Waals surface area contributed by atoms with Gasteiger partial charge in [0, 0.05) is 13.5 Å². The summed E-state index contributed by atoms with van der Waals surface area (Å²) in [6.45, 7) is 3.13. The largest absolute Gasteiger partial charge is 0.296 e. The summed E-state index contributed by atoms with van der Waals surface area (Å²) in [7, 11) is 1.88. The van der Waals surface area contributed by atoms with Gasteiger partial charge in [-0.05, 0) is 7.05 Å². The van der Waals surface area contributed by atoms with Crippen molar-refractivity contribution in [2.75, 3.05) is 26.7 Å². The Labute approximate surface area is 71.3 Å². The average Bonchev–Trinajstić information content (AvgIpc) is 1.94. The molecule has 0 unspecified atom stereocenters. The van der Waals surface area contributed by atoms with Crippen LogP contribution >= 0.6 is 0 Å². The molecule has 1 fully saturated rings. The molecule has 1 rings (SSSR count). The van der Waals surface area contributed by atoms with Gasteiger partial charge in [-0.15, -0.1) is 0 Å². The van der Waals surface area contributed by atoms with Gasteiger partial charge < -0.3 is 0 Å². The van der Waals surface area contributed by atoms with Gasteiger partial charge in [0.15, 0.2) is 0 Å². The maximum absolute atomic E-state index is 11.2. The molecule has 12 heavy (non-hydrogen) atoms. The smallest absolute Gasteiger partial charge is 0.255 e. The fraction of sp³-hybridized carbons (Fsp3) is 0.714. The second kappa shape index (κ2) is 3.53.